The van der Waals surface area contributed by atoms with Crippen LogP contribution in [0.5, 0.6) is 0 Å². The van der Waals surface area contributed by atoms with Crippen LogP contribution in [0.2, 0.25) is 0 Å². The highest BCUT2D eigenvalue weighted by atomic mass is 32.1. The fraction of sp³-hybridized carbons (Fsp3) is 0.545. The third-order valence-corrected chi connectivity index (χ3v) is 3.76. The molecule has 2 aliphatic rings. The minimum atomic E-state index is -0.881. The van der Waals surface area contributed by atoms with Gasteiger partial charge in [-0.25, -0.2) is 4.79 Å². The monoisotopic (exact) mass is 266 g/mol. The second-order valence-corrected chi connectivity index (χ2v) is 4.97. The minimum absolute atomic E-state index is 0.391. The van der Waals surface area contributed by atoms with E-state index in [0.29, 0.717) is 24.5 Å². The zero-order chi connectivity index (χ0) is 12.7. The van der Waals surface area contributed by atoms with Gasteiger partial charge in [0.25, 0.3) is 0 Å². The van der Waals surface area contributed by atoms with Crippen LogP contribution >= 0.6 is 12.2 Å². The first kappa shape index (κ1) is 11.5. The second kappa shape index (κ2) is 4.24. The van der Waals surface area contributed by atoms with Gasteiger partial charge in [-0.3, -0.25) is 4.68 Å². The lowest BCUT2D eigenvalue weighted by molar-refractivity contribution is 0.140. The number of carbonyl (C=O) groups is 1. The summed E-state index contributed by atoms with van der Waals surface area (Å²) in [7, 11) is 0. The maximum Gasteiger partial charge on any atom is 0.407 e. The van der Waals surface area contributed by atoms with Crippen LogP contribution in [0.1, 0.15) is 23.4 Å². The Balaban J connectivity index is 2.02. The van der Waals surface area contributed by atoms with Gasteiger partial charge in [0.1, 0.15) is 10.7 Å². The normalized spacial score (nSPS) is 18.7. The third-order valence-electron chi connectivity index (χ3n) is 3.42. The number of rotatable bonds is 0. The zero-order valence-corrected chi connectivity index (χ0v) is 10.7. The molecule has 0 aromatic carbocycles. The molecule has 0 aliphatic carbocycles. The number of aromatic nitrogens is 2. The van der Waals surface area contributed by atoms with Crippen molar-refractivity contribution in [2.45, 2.75) is 25.9 Å². The molecule has 0 radical (unpaired) electrons. The number of carboxylic acid groups (broad SMARTS) is 1. The van der Waals surface area contributed by atoms with Gasteiger partial charge in [-0.05, 0) is 6.42 Å². The molecule has 3 heterocycles. The Morgan fingerprint density at radius 2 is 2.28 bits per heavy atom. The van der Waals surface area contributed by atoms with Crippen molar-refractivity contribution in [2.75, 3.05) is 13.1 Å². The minimum Gasteiger partial charge on any atom is -0.465 e. The van der Waals surface area contributed by atoms with Gasteiger partial charge < -0.3 is 15.3 Å². The average molecular weight is 266 g/mol. The van der Waals surface area contributed by atoms with E-state index in [0.717, 1.165) is 36.5 Å². The Kier molecular flexibility index (Phi) is 2.70. The number of nitrogens with zero attached hydrogens (tertiary/aromatic N) is 3. The summed E-state index contributed by atoms with van der Waals surface area (Å²) in [6.45, 7) is 2.59. The summed E-state index contributed by atoms with van der Waals surface area (Å²) in [5, 5.41) is 16.8. The summed E-state index contributed by atoms with van der Waals surface area (Å²) >= 11 is 5.35. The molecule has 2 aliphatic heterocycles. The lowest BCUT2D eigenvalue weighted by Crippen LogP contribution is -2.35. The average Bonchev–Trinajstić information content (AvgIpc) is 2.61. The Morgan fingerprint density at radius 1 is 1.44 bits per heavy atom. The summed E-state index contributed by atoms with van der Waals surface area (Å²) in [5.41, 5.74) is 2.88. The van der Waals surface area contributed by atoms with E-state index >= 15 is 0 Å². The standard InChI is InChI=1S/C11H14N4O2S/c16-11(17)14-5-2-8-7(6-14)9-10(18)12-3-1-4-15(9)13-8/h1-6H2,(H,12,18)(H,16,17). The highest BCUT2D eigenvalue weighted by Gasteiger charge is 2.29. The van der Waals surface area contributed by atoms with E-state index in [4.69, 9.17) is 17.3 Å². The molecule has 0 atom stereocenters. The van der Waals surface area contributed by atoms with Crippen molar-refractivity contribution in [3.8, 4) is 0 Å². The number of hydrogen-bond acceptors (Lipinski definition) is 3. The van der Waals surface area contributed by atoms with Gasteiger partial charge in [0.15, 0.2) is 0 Å². The van der Waals surface area contributed by atoms with Crippen LogP contribution in [0.4, 0.5) is 4.79 Å². The molecule has 0 bridgehead atoms. The van der Waals surface area contributed by atoms with E-state index < -0.39 is 6.09 Å². The largest absolute Gasteiger partial charge is 0.465 e. The van der Waals surface area contributed by atoms with Crippen molar-refractivity contribution < 1.29 is 9.90 Å². The van der Waals surface area contributed by atoms with Crippen molar-refractivity contribution in [1.82, 2.24) is 20.0 Å². The summed E-state index contributed by atoms with van der Waals surface area (Å²) in [6, 6.07) is 0. The van der Waals surface area contributed by atoms with Crippen molar-refractivity contribution in [3.05, 3.63) is 17.0 Å². The number of nitrogens with one attached hydrogen (secondary N) is 1. The number of fused-ring (bicyclic) bond motifs is 3. The van der Waals surface area contributed by atoms with Crippen LogP contribution in [-0.2, 0) is 19.5 Å². The fourth-order valence-electron chi connectivity index (χ4n) is 2.52. The van der Waals surface area contributed by atoms with E-state index in [1.165, 1.54) is 4.90 Å². The summed E-state index contributed by atoms with van der Waals surface area (Å²) in [4.78, 5) is 13.2. The van der Waals surface area contributed by atoms with Gasteiger partial charge in [-0.15, -0.1) is 0 Å². The molecule has 0 spiro atoms. The molecule has 0 saturated heterocycles. The van der Waals surface area contributed by atoms with Crippen LogP contribution < -0.4 is 5.32 Å². The molecule has 96 valence electrons. The molecule has 1 aromatic heterocycles. The topological polar surface area (TPSA) is 70.4 Å². The molecule has 6 nitrogen and oxygen atoms in total. The number of amides is 1. The highest BCUT2D eigenvalue weighted by Crippen LogP contribution is 2.24. The molecular formula is C11H14N4O2S. The first-order valence-electron chi connectivity index (χ1n) is 6.01. The number of thiocarbonyl (C=S) groups is 1. The molecule has 3 rings (SSSR count). The first-order chi connectivity index (χ1) is 8.66. The molecule has 0 unspecified atom stereocenters. The van der Waals surface area contributed by atoms with E-state index in [-0.39, 0.29) is 0 Å². The maximum atomic E-state index is 11.1. The smallest absolute Gasteiger partial charge is 0.407 e. The predicted molar refractivity (Wildman–Crippen MR) is 68.7 cm³/mol. The van der Waals surface area contributed by atoms with E-state index in [9.17, 15) is 4.79 Å². The molecule has 7 heteroatoms. The Morgan fingerprint density at radius 3 is 3.06 bits per heavy atom. The van der Waals surface area contributed by atoms with E-state index in [2.05, 4.69) is 10.4 Å². The zero-order valence-electron chi connectivity index (χ0n) is 9.85. The molecule has 2 N–H and O–H groups in total. The van der Waals surface area contributed by atoms with Crippen LogP contribution in [0.3, 0.4) is 0 Å². The fourth-order valence-corrected chi connectivity index (χ4v) is 2.85. The number of hydrogen-bond donors (Lipinski definition) is 2. The highest BCUT2D eigenvalue weighted by molar-refractivity contribution is 7.80. The lowest BCUT2D eigenvalue weighted by atomic mass is 10.1. The predicted octanol–water partition coefficient (Wildman–Crippen LogP) is 0.588. The van der Waals surface area contributed by atoms with E-state index in [1.54, 1.807) is 0 Å². The Bertz CT molecular complexity index is 525. The van der Waals surface area contributed by atoms with Gasteiger partial charge in [0.2, 0.25) is 0 Å². The van der Waals surface area contributed by atoms with Crippen molar-refractivity contribution in [2.24, 2.45) is 0 Å². The van der Waals surface area contributed by atoms with E-state index in [1.807, 2.05) is 4.68 Å². The van der Waals surface area contributed by atoms with Crippen molar-refractivity contribution in [3.63, 3.8) is 0 Å². The van der Waals surface area contributed by atoms with Crippen LogP contribution in [-0.4, -0.2) is 44.0 Å². The van der Waals surface area contributed by atoms with Crippen molar-refractivity contribution in [1.29, 1.82) is 0 Å². The SMILES string of the molecule is O=C(O)N1CCc2nn3c(c2C1)C(=S)NCCC3. The summed E-state index contributed by atoms with van der Waals surface area (Å²) in [5.74, 6) is 0. The Labute approximate surface area is 110 Å². The first-order valence-corrected chi connectivity index (χ1v) is 6.42. The van der Waals surface area contributed by atoms with Crippen LogP contribution in [0.15, 0.2) is 0 Å². The summed E-state index contributed by atoms with van der Waals surface area (Å²) < 4.78 is 1.93. The van der Waals surface area contributed by atoms with Gasteiger partial charge >= 0.3 is 6.09 Å². The van der Waals surface area contributed by atoms with Gasteiger partial charge in [-0.2, -0.15) is 5.10 Å². The second-order valence-electron chi connectivity index (χ2n) is 4.56. The van der Waals surface area contributed by atoms with Crippen LogP contribution in [0, 0.1) is 0 Å². The molecule has 0 saturated carbocycles. The quantitative estimate of drug-likeness (QED) is 0.673. The van der Waals surface area contributed by atoms with Gasteiger partial charge in [0.05, 0.1) is 12.2 Å². The molecule has 1 aromatic rings. The van der Waals surface area contributed by atoms with Crippen LogP contribution in [0.25, 0.3) is 0 Å². The van der Waals surface area contributed by atoms with Crippen molar-refractivity contribution >= 4 is 23.3 Å². The maximum absolute atomic E-state index is 11.1. The lowest BCUT2D eigenvalue weighted by Gasteiger charge is -2.24. The molecule has 0 fully saturated rings. The number of aryl methyl sites for hydroxylation is 1. The molecule has 18 heavy (non-hydrogen) atoms. The molecular weight excluding hydrogens is 252 g/mol. The summed E-state index contributed by atoms with van der Waals surface area (Å²) in [6.07, 6.45) is 0.772. The molecule has 1 amide bonds. The van der Waals surface area contributed by atoms with Gasteiger partial charge in [0, 0.05) is 31.6 Å². The third kappa shape index (κ3) is 1.74. The Hall–Kier alpha value is -1.63. The van der Waals surface area contributed by atoms with Gasteiger partial charge in [-0.1, -0.05) is 12.2 Å².